The Kier molecular flexibility index (Phi) is 7.50. The molecule has 2 aromatic rings. The molecule has 0 aromatic heterocycles. The van der Waals surface area contributed by atoms with Gasteiger partial charge in [-0.25, -0.2) is 0 Å². The topological polar surface area (TPSA) is 95.1 Å². The summed E-state index contributed by atoms with van der Waals surface area (Å²) in [4.78, 5) is 24.7. The smallest absolute Gasteiger partial charge is 0.269 e. The molecule has 0 heterocycles. The molecule has 0 saturated carbocycles. The first-order valence-electron chi connectivity index (χ1n) is 8.76. The summed E-state index contributed by atoms with van der Waals surface area (Å²) in [6, 6.07) is 9.49. The molecule has 28 heavy (non-hydrogen) atoms. The summed E-state index contributed by atoms with van der Waals surface area (Å²) in [5.41, 5.74) is 5.37. The van der Waals surface area contributed by atoms with Crippen LogP contribution in [0.4, 0.5) is 0 Å². The van der Waals surface area contributed by atoms with Crippen LogP contribution in [0.15, 0.2) is 36.4 Å². The number of methoxy groups -OCH3 is 2. The van der Waals surface area contributed by atoms with Crippen molar-refractivity contribution in [2.75, 3.05) is 27.4 Å². The summed E-state index contributed by atoms with van der Waals surface area (Å²) in [6.45, 7) is 4.61. The van der Waals surface area contributed by atoms with E-state index in [4.69, 9.17) is 18.9 Å². The predicted molar refractivity (Wildman–Crippen MR) is 103 cm³/mol. The van der Waals surface area contributed by atoms with Crippen molar-refractivity contribution in [2.24, 2.45) is 0 Å². The van der Waals surface area contributed by atoms with Crippen molar-refractivity contribution in [3.05, 3.63) is 47.5 Å². The molecular formula is C20H24N2O6. The second kappa shape index (κ2) is 10.1. The summed E-state index contributed by atoms with van der Waals surface area (Å²) in [7, 11) is 2.98. The minimum absolute atomic E-state index is 0.305. The fourth-order valence-corrected chi connectivity index (χ4v) is 2.43. The minimum Gasteiger partial charge on any atom is -0.493 e. The van der Waals surface area contributed by atoms with E-state index in [0.29, 0.717) is 47.3 Å². The predicted octanol–water partition coefficient (Wildman–Crippen LogP) is 2.58. The summed E-state index contributed by atoms with van der Waals surface area (Å²) in [5, 5.41) is 0. The second-order valence-corrected chi connectivity index (χ2v) is 5.51. The Labute approximate surface area is 163 Å². The number of nitrogens with one attached hydrogen (secondary N) is 2. The highest BCUT2D eigenvalue weighted by atomic mass is 16.5. The van der Waals surface area contributed by atoms with Crippen LogP contribution in [0, 0.1) is 0 Å². The zero-order valence-electron chi connectivity index (χ0n) is 16.3. The van der Waals surface area contributed by atoms with E-state index >= 15 is 0 Å². The standard InChI is InChI=1S/C20H24N2O6/c1-5-27-16-10-8-14(12-18(16)28-6-2)20(24)22-21-19(23)13-7-9-15(25-3)17(11-13)26-4/h7-12H,5-6H2,1-4H3,(H,21,23)(H,22,24). The van der Waals surface area contributed by atoms with Gasteiger partial charge in [0.1, 0.15) is 0 Å². The molecule has 2 rings (SSSR count). The first kappa shape index (κ1) is 20.9. The van der Waals surface area contributed by atoms with E-state index < -0.39 is 11.8 Å². The molecule has 2 N–H and O–H groups in total. The van der Waals surface area contributed by atoms with Gasteiger partial charge in [-0.1, -0.05) is 0 Å². The van der Waals surface area contributed by atoms with E-state index in [9.17, 15) is 9.59 Å². The fourth-order valence-electron chi connectivity index (χ4n) is 2.43. The average molecular weight is 388 g/mol. The normalized spacial score (nSPS) is 10.0. The highest BCUT2D eigenvalue weighted by Crippen LogP contribution is 2.29. The summed E-state index contributed by atoms with van der Waals surface area (Å²) >= 11 is 0. The minimum atomic E-state index is -0.495. The number of carbonyl (C=O) groups is 2. The third kappa shape index (κ3) is 5.06. The van der Waals surface area contributed by atoms with Crippen LogP contribution in [-0.2, 0) is 0 Å². The van der Waals surface area contributed by atoms with Crippen molar-refractivity contribution in [1.29, 1.82) is 0 Å². The van der Waals surface area contributed by atoms with Gasteiger partial charge in [-0.3, -0.25) is 20.4 Å². The van der Waals surface area contributed by atoms with Crippen LogP contribution >= 0.6 is 0 Å². The highest BCUT2D eigenvalue weighted by Gasteiger charge is 2.14. The number of hydrogen-bond acceptors (Lipinski definition) is 6. The lowest BCUT2D eigenvalue weighted by Crippen LogP contribution is -2.41. The van der Waals surface area contributed by atoms with E-state index in [1.54, 1.807) is 30.3 Å². The number of hydrazine groups is 1. The molecule has 0 atom stereocenters. The Hall–Kier alpha value is -3.42. The highest BCUT2D eigenvalue weighted by molar-refractivity contribution is 5.99. The van der Waals surface area contributed by atoms with Gasteiger partial charge in [0.2, 0.25) is 0 Å². The molecule has 0 aliphatic heterocycles. The van der Waals surface area contributed by atoms with Crippen LogP contribution in [0.2, 0.25) is 0 Å². The summed E-state index contributed by atoms with van der Waals surface area (Å²) in [6.07, 6.45) is 0. The van der Waals surface area contributed by atoms with Crippen LogP contribution in [0.1, 0.15) is 34.6 Å². The maximum absolute atomic E-state index is 12.4. The first-order valence-corrected chi connectivity index (χ1v) is 8.76. The molecule has 0 aliphatic rings. The van der Waals surface area contributed by atoms with E-state index in [0.717, 1.165) is 0 Å². The van der Waals surface area contributed by atoms with Crippen molar-refractivity contribution in [3.63, 3.8) is 0 Å². The fraction of sp³-hybridized carbons (Fsp3) is 0.300. The van der Waals surface area contributed by atoms with Gasteiger partial charge in [-0.05, 0) is 50.2 Å². The summed E-state index contributed by atoms with van der Waals surface area (Å²) < 4.78 is 21.3. The maximum atomic E-state index is 12.4. The molecule has 8 nitrogen and oxygen atoms in total. The quantitative estimate of drug-likeness (QED) is 0.675. The van der Waals surface area contributed by atoms with Crippen LogP contribution in [-0.4, -0.2) is 39.2 Å². The Morgan fingerprint density at radius 2 is 1.18 bits per heavy atom. The molecule has 0 spiro atoms. The Balaban J connectivity index is 2.07. The molecule has 0 unspecified atom stereocenters. The lowest BCUT2D eigenvalue weighted by molar-refractivity contribution is 0.0846. The zero-order valence-corrected chi connectivity index (χ0v) is 16.3. The van der Waals surface area contributed by atoms with Gasteiger partial charge in [0, 0.05) is 11.1 Å². The van der Waals surface area contributed by atoms with Crippen molar-refractivity contribution in [3.8, 4) is 23.0 Å². The van der Waals surface area contributed by atoms with Gasteiger partial charge in [0.25, 0.3) is 11.8 Å². The van der Waals surface area contributed by atoms with E-state index in [1.165, 1.54) is 20.3 Å². The van der Waals surface area contributed by atoms with Gasteiger partial charge >= 0.3 is 0 Å². The number of hydrogen-bond donors (Lipinski definition) is 2. The van der Waals surface area contributed by atoms with Crippen molar-refractivity contribution in [2.45, 2.75) is 13.8 Å². The van der Waals surface area contributed by atoms with E-state index in [1.807, 2.05) is 13.8 Å². The van der Waals surface area contributed by atoms with Crippen molar-refractivity contribution < 1.29 is 28.5 Å². The van der Waals surface area contributed by atoms with Crippen LogP contribution in [0.5, 0.6) is 23.0 Å². The van der Waals surface area contributed by atoms with Gasteiger partial charge in [0.05, 0.1) is 27.4 Å². The molecular weight excluding hydrogens is 364 g/mol. The average Bonchev–Trinajstić information content (AvgIpc) is 2.72. The van der Waals surface area contributed by atoms with Gasteiger partial charge in [-0.15, -0.1) is 0 Å². The number of benzene rings is 2. The molecule has 2 aromatic carbocycles. The zero-order chi connectivity index (χ0) is 20.5. The monoisotopic (exact) mass is 388 g/mol. The molecule has 150 valence electrons. The SMILES string of the molecule is CCOc1ccc(C(=O)NNC(=O)c2ccc(OC)c(OC)c2)cc1OCC. The van der Waals surface area contributed by atoms with Crippen LogP contribution < -0.4 is 29.8 Å². The van der Waals surface area contributed by atoms with E-state index in [2.05, 4.69) is 10.9 Å². The third-order valence-electron chi connectivity index (χ3n) is 3.74. The van der Waals surface area contributed by atoms with Crippen molar-refractivity contribution in [1.82, 2.24) is 10.9 Å². The van der Waals surface area contributed by atoms with E-state index in [-0.39, 0.29) is 0 Å². The summed E-state index contributed by atoms with van der Waals surface area (Å²) in [5.74, 6) is 0.942. The van der Waals surface area contributed by atoms with Crippen LogP contribution in [0.25, 0.3) is 0 Å². The lowest BCUT2D eigenvalue weighted by Gasteiger charge is -2.13. The Morgan fingerprint density at radius 1 is 0.714 bits per heavy atom. The first-order chi connectivity index (χ1) is 13.5. The molecule has 0 aliphatic carbocycles. The van der Waals surface area contributed by atoms with Crippen molar-refractivity contribution >= 4 is 11.8 Å². The van der Waals surface area contributed by atoms with Gasteiger partial charge in [0.15, 0.2) is 23.0 Å². The second-order valence-electron chi connectivity index (χ2n) is 5.51. The molecule has 0 saturated heterocycles. The van der Waals surface area contributed by atoms with Gasteiger partial charge in [-0.2, -0.15) is 0 Å². The third-order valence-corrected chi connectivity index (χ3v) is 3.74. The Morgan fingerprint density at radius 3 is 1.68 bits per heavy atom. The number of carbonyl (C=O) groups excluding carboxylic acids is 2. The number of rotatable bonds is 8. The number of amides is 2. The molecule has 2 amide bonds. The lowest BCUT2D eigenvalue weighted by atomic mass is 10.2. The largest absolute Gasteiger partial charge is 0.493 e. The molecule has 0 fully saturated rings. The van der Waals surface area contributed by atoms with Gasteiger partial charge < -0.3 is 18.9 Å². The molecule has 0 radical (unpaired) electrons. The Bertz CT molecular complexity index is 837. The molecule has 0 bridgehead atoms. The van der Waals surface area contributed by atoms with Crippen LogP contribution in [0.3, 0.4) is 0 Å². The number of ether oxygens (including phenoxy) is 4. The maximum Gasteiger partial charge on any atom is 0.269 e. The molecule has 8 heteroatoms.